The first-order valence-electron chi connectivity index (χ1n) is 5.82. The van der Waals surface area contributed by atoms with Crippen LogP contribution in [0.1, 0.15) is 30.7 Å². The van der Waals surface area contributed by atoms with Crippen LogP contribution < -0.4 is 9.47 Å². The van der Waals surface area contributed by atoms with Crippen LogP contribution in [0.4, 0.5) is 0 Å². The van der Waals surface area contributed by atoms with E-state index >= 15 is 0 Å². The molecule has 1 aromatic rings. The highest BCUT2D eigenvalue weighted by atomic mass is 16.5. The van der Waals surface area contributed by atoms with Crippen molar-refractivity contribution in [2.75, 3.05) is 7.11 Å². The van der Waals surface area contributed by atoms with E-state index in [0.717, 1.165) is 30.8 Å². The first kappa shape index (κ1) is 9.97. The van der Waals surface area contributed by atoms with Gasteiger partial charge in [-0.05, 0) is 37.5 Å². The van der Waals surface area contributed by atoms with Crippen molar-refractivity contribution in [2.24, 2.45) is 0 Å². The Balaban J connectivity index is 1.98. The summed E-state index contributed by atoms with van der Waals surface area (Å²) in [6.45, 7) is 0. The molecule has 3 nitrogen and oxygen atoms in total. The molecule has 86 valence electrons. The summed E-state index contributed by atoms with van der Waals surface area (Å²) in [5, 5.41) is 9.92. The molecule has 3 heteroatoms. The van der Waals surface area contributed by atoms with Crippen LogP contribution in [0.5, 0.6) is 11.5 Å². The van der Waals surface area contributed by atoms with E-state index in [-0.39, 0.29) is 12.2 Å². The lowest BCUT2D eigenvalue weighted by Gasteiger charge is -2.29. The van der Waals surface area contributed by atoms with E-state index in [1.165, 1.54) is 5.56 Å². The lowest BCUT2D eigenvalue weighted by molar-refractivity contribution is 0.00933. The second-order valence-electron chi connectivity index (χ2n) is 4.59. The minimum Gasteiger partial charge on any atom is -0.497 e. The standard InChI is InChI=1S/C13H16O3/c1-15-8-5-6-12-10(7-8)9-3-2-4-11(14)13(9)16-12/h5-7,9,11,13-14H,2-4H2,1H3. The maximum atomic E-state index is 9.92. The van der Waals surface area contributed by atoms with Gasteiger partial charge < -0.3 is 14.6 Å². The summed E-state index contributed by atoms with van der Waals surface area (Å²) in [5.41, 5.74) is 1.20. The lowest BCUT2D eigenvalue weighted by atomic mass is 9.81. The molecule has 1 aliphatic carbocycles. The fourth-order valence-electron chi connectivity index (χ4n) is 2.83. The van der Waals surface area contributed by atoms with Gasteiger partial charge in [-0.2, -0.15) is 0 Å². The minimum absolute atomic E-state index is 0.0455. The predicted molar refractivity (Wildman–Crippen MR) is 60.0 cm³/mol. The zero-order valence-electron chi connectivity index (χ0n) is 9.35. The van der Waals surface area contributed by atoms with Crippen molar-refractivity contribution in [1.82, 2.24) is 0 Å². The Morgan fingerprint density at radius 2 is 2.25 bits per heavy atom. The van der Waals surface area contributed by atoms with Crippen LogP contribution in [0.3, 0.4) is 0 Å². The molecule has 1 heterocycles. The topological polar surface area (TPSA) is 38.7 Å². The Hall–Kier alpha value is -1.22. The van der Waals surface area contributed by atoms with Crippen LogP contribution in [0, 0.1) is 0 Å². The molecule has 3 unspecified atom stereocenters. The molecule has 0 spiro atoms. The Morgan fingerprint density at radius 3 is 3.06 bits per heavy atom. The van der Waals surface area contributed by atoms with Crippen molar-refractivity contribution in [3.05, 3.63) is 23.8 Å². The first-order valence-corrected chi connectivity index (χ1v) is 5.82. The maximum Gasteiger partial charge on any atom is 0.131 e. The number of fused-ring (bicyclic) bond motifs is 3. The van der Waals surface area contributed by atoms with E-state index in [4.69, 9.17) is 9.47 Å². The van der Waals surface area contributed by atoms with Gasteiger partial charge in [0.25, 0.3) is 0 Å². The van der Waals surface area contributed by atoms with E-state index in [2.05, 4.69) is 0 Å². The molecule has 3 atom stereocenters. The number of aliphatic hydroxyl groups is 1. The molecule has 1 aromatic carbocycles. The number of hydrogen-bond acceptors (Lipinski definition) is 3. The summed E-state index contributed by atoms with van der Waals surface area (Å²) < 4.78 is 11.0. The molecule has 16 heavy (non-hydrogen) atoms. The smallest absolute Gasteiger partial charge is 0.131 e. The number of aliphatic hydroxyl groups excluding tert-OH is 1. The number of rotatable bonds is 1. The second kappa shape index (κ2) is 3.67. The summed E-state index contributed by atoms with van der Waals surface area (Å²) in [4.78, 5) is 0. The van der Waals surface area contributed by atoms with Crippen LogP contribution in [-0.2, 0) is 0 Å². The Bertz CT molecular complexity index is 402. The normalized spacial score (nSPS) is 31.5. The van der Waals surface area contributed by atoms with E-state index in [9.17, 15) is 5.11 Å². The number of benzene rings is 1. The monoisotopic (exact) mass is 220 g/mol. The summed E-state index contributed by atoms with van der Waals surface area (Å²) in [6.07, 6.45) is 2.66. The van der Waals surface area contributed by atoms with Gasteiger partial charge in [0, 0.05) is 11.5 Å². The van der Waals surface area contributed by atoms with E-state index < -0.39 is 0 Å². The van der Waals surface area contributed by atoms with Gasteiger partial charge in [-0.1, -0.05) is 0 Å². The maximum absolute atomic E-state index is 9.92. The minimum atomic E-state index is -0.322. The summed E-state index contributed by atoms with van der Waals surface area (Å²) in [6, 6.07) is 5.89. The Labute approximate surface area is 95.0 Å². The van der Waals surface area contributed by atoms with Crippen LogP contribution >= 0.6 is 0 Å². The molecule has 1 fully saturated rings. The summed E-state index contributed by atoms with van der Waals surface area (Å²) >= 11 is 0. The molecule has 3 rings (SSSR count). The summed E-state index contributed by atoms with van der Waals surface area (Å²) in [7, 11) is 1.67. The third-order valence-corrected chi connectivity index (χ3v) is 3.67. The molecule has 0 bridgehead atoms. The van der Waals surface area contributed by atoms with Crippen LogP contribution in [0.25, 0.3) is 0 Å². The van der Waals surface area contributed by atoms with Crippen molar-refractivity contribution in [1.29, 1.82) is 0 Å². The molecule has 1 aliphatic heterocycles. The number of hydrogen-bond donors (Lipinski definition) is 1. The van der Waals surface area contributed by atoms with Crippen LogP contribution in [0.2, 0.25) is 0 Å². The summed E-state index contributed by atoms with van der Waals surface area (Å²) in [5.74, 6) is 2.12. The lowest BCUT2D eigenvalue weighted by Crippen LogP contribution is -2.36. The van der Waals surface area contributed by atoms with Gasteiger partial charge in [0.2, 0.25) is 0 Å². The average Bonchev–Trinajstić information content (AvgIpc) is 2.68. The largest absolute Gasteiger partial charge is 0.497 e. The van der Waals surface area contributed by atoms with E-state index in [0.29, 0.717) is 5.92 Å². The fourth-order valence-corrected chi connectivity index (χ4v) is 2.83. The van der Waals surface area contributed by atoms with Crippen LogP contribution in [0.15, 0.2) is 18.2 Å². The third-order valence-electron chi connectivity index (χ3n) is 3.67. The molecular weight excluding hydrogens is 204 g/mol. The first-order chi connectivity index (χ1) is 7.79. The van der Waals surface area contributed by atoms with Gasteiger partial charge in [-0.15, -0.1) is 0 Å². The molecule has 1 N–H and O–H groups in total. The third kappa shape index (κ3) is 1.39. The van der Waals surface area contributed by atoms with Gasteiger partial charge in [0.15, 0.2) is 0 Å². The zero-order valence-corrected chi connectivity index (χ0v) is 9.35. The Kier molecular flexibility index (Phi) is 2.28. The Morgan fingerprint density at radius 1 is 1.38 bits per heavy atom. The molecular formula is C13H16O3. The molecule has 0 saturated heterocycles. The van der Waals surface area contributed by atoms with Crippen molar-refractivity contribution in [3.8, 4) is 11.5 Å². The van der Waals surface area contributed by atoms with Crippen molar-refractivity contribution in [2.45, 2.75) is 37.4 Å². The van der Waals surface area contributed by atoms with Gasteiger partial charge in [-0.25, -0.2) is 0 Å². The number of ether oxygens (including phenoxy) is 2. The van der Waals surface area contributed by atoms with E-state index in [1.54, 1.807) is 7.11 Å². The van der Waals surface area contributed by atoms with E-state index in [1.807, 2.05) is 18.2 Å². The molecule has 2 aliphatic rings. The van der Waals surface area contributed by atoms with Crippen molar-refractivity contribution in [3.63, 3.8) is 0 Å². The van der Waals surface area contributed by atoms with Crippen LogP contribution in [-0.4, -0.2) is 24.4 Å². The van der Waals surface area contributed by atoms with Crippen molar-refractivity contribution < 1.29 is 14.6 Å². The number of methoxy groups -OCH3 is 1. The van der Waals surface area contributed by atoms with Gasteiger partial charge >= 0.3 is 0 Å². The quantitative estimate of drug-likeness (QED) is 0.787. The molecule has 0 aromatic heterocycles. The molecule has 0 amide bonds. The van der Waals surface area contributed by atoms with Gasteiger partial charge in [0.1, 0.15) is 17.6 Å². The highest BCUT2D eigenvalue weighted by Gasteiger charge is 2.41. The predicted octanol–water partition coefficient (Wildman–Crippen LogP) is 2.08. The SMILES string of the molecule is COc1ccc2c(c1)C1CCCC(O)C1O2. The molecule has 1 saturated carbocycles. The average molecular weight is 220 g/mol. The molecule has 0 radical (unpaired) electrons. The van der Waals surface area contributed by atoms with Gasteiger partial charge in [-0.3, -0.25) is 0 Å². The fraction of sp³-hybridized carbons (Fsp3) is 0.538. The van der Waals surface area contributed by atoms with Crippen molar-refractivity contribution >= 4 is 0 Å². The highest BCUT2D eigenvalue weighted by Crippen LogP contribution is 2.46. The highest BCUT2D eigenvalue weighted by molar-refractivity contribution is 5.46. The zero-order chi connectivity index (χ0) is 11.1. The van der Waals surface area contributed by atoms with Gasteiger partial charge in [0.05, 0.1) is 13.2 Å². The second-order valence-corrected chi connectivity index (χ2v) is 4.59.